The molecule has 4 aliphatic rings. The lowest BCUT2D eigenvalue weighted by atomic mass is 9.45. The first kappa shape index (κ1) is 31.9. The van der Waals surface area contributed by atoms with Crippen LogP contribution in [0.25, 0.3) is 0 Å². The molecule has 0 aliphatic heterocycles. The molecule has 9 unspecified atom stereocenters. The number of aliphatic hydroxyl groups excluding tert-OH is 1. The number of aliphatic carboxylic acids is 1. The number of carbonyl (C=O) groups is 2. The first-order valence-corrected chi connectivity index (χ1v) is 16.4. The standard InChI is InChI=1S/C35H39F2NO6S/c1-33-16-30(41)35(37)27(15-29(36)28-14-24(40)11-12-34(28,35)2)26(33)13-22(31(33)32(42)43)18-38(44)17-20-3-5-21(6-4-20)19-45-25-9-7-23(39)8-10-25/h3-12,14,22,26-27,29-31,39,41,44H,13,15-19H2,1-2H3,(H,42,43). The number of phenolic OH excluding ortho intramolecular Hbond substituents is 1. The molecule has 6 rings (SSSR count). The number of aromatic hydroxyl groups is 1. The Kier molecular flexibility index (Phi) is 8.25. The normalized spacial score (nSPS) is 37.1. The van der Waals surface area contributed by atoms with E-state index in [4.69, 9.17) is 0 Å². The number of aliphatic hydroxyl groups is 1. The van der Waals surface area contributed by atoms with Gasteiger partial charge in [-0.2, -0.15) is 5.06 Å². The second-order valence-electron chi connectivity index (χ2n) is 13.7. The topological polar surface area (TPSA) is 118 Å². The molecule has 45 heavy (non-hydrogen) atoms. The number of ketones is 1. The van der Waals surface area contributed by atoms with Gasteiger partial charge in [0.2, 0.25) is 0 Å². The average molecular weight is 640 g/mol. The maximum absolute atomic E-state index is 17.4. The summed E-state index contributed by atoms with van der Waals surface area (Å²) in [6, 6.07) is 14.7. The summed E-state index contributed by atoms with van der Waals surface area (Å²) in [6.07, 6.45) is 0.512. The number of carboxylic acid groups (broad SMARTS) is 1. The Morgan fingerprint density at radius 3 is 2.38 bits per heavy atom. The summed E-state index contributed by atoms with van der Waals surface area (Å²) in [5.74, 6) is -3.58. The molecule has 0 saturated heterocycles. The van der Waals surface area contributed by atoms with Gasteiger partial charge in [-0.1, -0.05) is 37.3 Å². The minimum atomic E-state index is -2.28. The number of allylic oxidation sites excluding steroid dienone is 4. The smallest absolute Gasteiger partial charge is 0.307 e. The Morgan fingerprint density at radius 1 is 1.04 bits per heavy atom. The van der Waals surface area contributed by atoms with Crippen molar-refractivity contribution in [3.63, 3.8) is 0 Å². The van der Waals surface area contributed by atoms with Crippen molar-refractivity contribution in [2.45, 2.75) is 68.2 Å². The summed E-state index contributed by atoms with van der Waals surface area (Å²) in [5.41, 5.74) is -2.87. The fourth-order valence-corrected chi connectivity index (χ4v) is 9.90. The zero-order chi connectivity index (χ0) is 32.3. The summed E-state index contributed by atoms with van der Waals surface area (Å²) in [6.45, 7) is 3.48. The molecule has 3 fully saturated rings. The van der Waals surface area contributed by atoms with E-state index >= 15 is 8.78 Å². The minimum Gasteiger partial charge on any atom is -0.508 e. The van der Waals surface area contributed by atoms with Crippen LogP contribution in [0.15, 0.2) is 77.2 Å². The second kappa shape index (κ2) is 11.6. The van der Waals surface area contributed by atoms with Gasteiger partial charge in [-0.15, -0.1) is 11.8 Å². The van der Waals surface area contributed by atoms with Crippen molar-refractivity contribution >= 4 is 23.5 Å². The molecule has 10 heteroatoms. The van der Waals surface area contributed by atoms with Crippen LogP contribution in [-0.2, 0) is 21.9 Å². The van der Waals surface area contributed by atoms with Gasteiger partial charge in [0.05, 0.1) is 12.0 Å². The van der Waals surface area contributed by atoms with Crippen LogP contribution in [-0.4, -0.2) is 61.8 Å². The molecule has 3 saturated carbocycles. The molecule has 0 spiro atoms. The van der Waals surface area contributed by atoms with Crippen molar-refractivity contribution in [1.82, 2.24) is 5.06 Å². The molecular weight excluding hydrogens is 600 g/mol. The number of thioether (sulfide) groups is 1. The van der Waals surface area contributed by atoms with E-state index in [2.05, 4.69) is 0 Å². The minimum absolute atomic E-state index is 0.0273. The summed E-state index contributed by atoms with van der Waals surface area (Å²) in [7, 11) is 0. The lowest BCUT2D eigenvalue weighted by Gasteiger charge is -2.62. The maximum Gasteiger partial charge on any atom is 0.307 e. The number of nitrogens with zero attached hydrogens (tertiary/aromatic N) is 1. The largest absolute Gasteiger partial charge is 0.508 e. The first-order valence-electron chi connectivity index (χ1n) is 15.4. The highest BCUT2D eigenvalue weighted by Gasteiger charge is 2.73. The quantitative estimate of drug-likeness (QED) is 0.202. The lowest BCUT2D eigenvalue weighted by molar-refractivity contribution is -0.204. The molecule has 0 heterocycles. The van der Waals surface area contributed by atoms with Crippen LogP contribution < -0.4 is 0 Å². The highest BCUT2D eigenvalue weighted by Crippen LogP contribution is 2.70. The predicted molar refractivity (Wildman–Crippen MR) is 165 cm³/mol. The van der Waals surface area contributed by atoms with Gasteiger partial charge in [0.15, 0.2) is 11.5 Å². The fraction of sp³-hybridized carbons (Fsp3) is 0.486. The number of hydroxylamine groups is 2. The number of hydrogen-bond acceptors (Lipinski definition) is 7. The van der Waals surface area contributed by atoms with Crippen molar-refractivity contribution in [2.75, 3.05) is 6.54 Å². The maximum atomic E-state index is 17.4. The molecular formula is C35H39F2NO6S. The van der Waals surface area contributed by atoms with Crippen molar-refractivity contribution in [1.29, 1.82) is 0 Å². The van der Waals surface area contributed by atoms with Gasteiger partial charge in [-0.05, 0) is 96.6 Å². The number of carboxylic acids is 1. The molecule has 7 nitrogen and oxygen atoms in total. The number of alkyl halides is 2. The molecule has 0 radical (unpaired) electrons. The molecule has 4 aliphatic carbocycles. The van der Waals surface area contributed by atoms with E-state index in [1.165, 1.54) is 19.1 Å². The van der Waals surface area contributed by atoms with Gasteiger partial charge in [0.1, 0.15) is 11.9 Å². The SMILES string of the molecule is CC12CC(O)C3(F)C(CC(F)C4=CC(=O)C=CC43C)C1CC(CN(O)Cc1ccc(CSc3ccc(O)cc3)cc1)C2C(=O)O. The number of phenols is 1. The van der Waals surface area contributed by atoms with Gasteiger partial charge in [-0.3, -0.25) is 9.59 Å². The average Bonchev–Trinajstić information content (AvgIpc) is 3.27. The van der Waals surface area contributed by atoms with Crippen molar-refractivity contribution in [3.05, 3.63) is 83.5 Å². The lowest BCUT2D eigenvalue weighted by Crippen LogP contribution is -2.68. The predicted octanol–water partition coefficient (Wildman–Crippen LogP) is 6.12. The summed E-state index contributed by atoms with van der Waals surface area (Å²) in [4.78, 5) is 25.8. The van der Waals surface area contributed by atoms with E-state index in [-0.39, 0.29) is 43.7 Å². The van der Waals surface area contributed by atoms with Crippen LogP contribution in [0.3, 0.4) is 0 Å². The van der Waals surface area contributed by atoms with E-state index < -0.39 is 64.2 Å². The number of benzene rings is 2. The molecule has 0 aromatic heterocycles. The fourth-order valence-electron chi connectivity index (χ4n) is 9.05. The van der Waals surface area contributed by atoms with Gasteiger partial charge >= 0.3 is 5.97 Å². The summed E-state index contributed by atoms with van der Waals surface area (Å²) < 4.78 is 33.1. The molecule has 4 N–H and O–H groups in total. The van der Waals surface area contributed by atoms with E-state index in [0.29, 0.717) is 0 Å². The molecule has 0 bridgehead atoms. The Bertz CT molecular complexity index is 1530. The van der Waals surface area contributed by atoms with E-state index in [0.717, 1.165) is 32.9 Å². The number of fused-ring (bicyclic) bond motifs is 5. The molecule has 0 amide bonds. The van der Waals surface area contributed by atoms with Crippen LogP contribution in [0.5, 0.6) is 5.75 Å². The van der Waals surface area contributed by atoms with Gasteiger partial charge < -0.3 is 20.5 Å². The monoisotopic (exact) mass is 639 g/mol. The van der Waals surface area contributed by atoms with E-state index in [1.807, 2.05) is 36.4 Å². The highest BCUT2D eigenvalue weighted by molar-refractivity contribution is 7.98. The van der Waals surface area contributed by atoms with E-state index in [9.17, 15) is 30.1 Å². The third-order valence-electron chi connectivity index (χ3n) is 11.1. The second-order valence-corrected chi connectivity index (χ2v) is 14.8. The third-order valence-corrected chi connectivity index (χ3v) is 12.2. The van der Waals surface area contributed by atoms with Crippen LogP contribution in [0.1, 0.15) is 44.2 Å². The van der Waals surface area contributed by atoms with Crippen LogP contribution >= 0.6 is 11.8 Å². The van der Waals surface area contributed by atoms with Crippen molar-refractivity contribution in [3.8, 4) is 5.75 Å². The highest BCUT2D eigenvalue weighted by atomic mass is 32.2. The zero-order valence-electron chi connectivity index (χ0n) is 25.3. The Balaban J connectivity index is 1.17. The third kappa shape index (κ3) is 5.33. The summed E-state index contributed by atoms with van der Waals surface area (Å²) in [5, 5.41) is 43.4. The molecule has 2 aromatic rings. The number of hydrogen-bond donors (Lipinski definition) is 4. The Morgan fingerprint density at radius 2 is 1.71 bits per heavy atom. The van der Waals surface area contributed by atoms with Gasteiger partial charge in [-0.25, -0.2) is 8.78 Å². The number of halogens is 2. The van der Waals surface area contributed by atoms with Crippen LogP contribution in [0.4, 0.5) is 8.78 Å². The van der Waals surface area contributed by atoms with Gasteiger partial charge in [0.25, 0.3) is 0 Å². The Hall–Kier alpha value is -3.05. The first-order chi connectivity index (χ1) is 21.3. The zero-order valence-corrected chi connectivity index (χ0v) is 26.1. The molecule has 9 atom stereocenters. The molecule has 240 valence electrons. The van der Waals surface area contributed by atoms with Crippen molar-refractivity contribution < 1.29 is 38.9 Å². The van der Waals surface area contributed by atoms with Crippen LogP contribution in [0, 0.1) is 34.5 Å². The van der Waals surface area contributed by atoms with Crippen molar-refractivity contribution in [2.24, 2.45) is 34.5 Å². The Labute approximate surface area is 265 Å². The van der Waals surface area contributed by atoms with E-state index in [1.54, 1.807) is 30.8 Å². The number of carbonyl (C=O) groups excluding carboxylic acids is 1. The number of rotatable bonds is 8. The van der Waals surface area contributed by atoms with Crippen LogP contribution in [0.2, 0.25) is 0 Å². The van der Waals surface area contributed by atoms with Gasteiger partial charge in [0, 0.05) is 35.1 Å². The molecule has 2 aromatic carbocycles. The summed E-state index contributed by atoms with van der Waals surface area (Å²) >= 11 is 1.63.